The Labute approximate surface area is 190 Å². The number of hydrogen-bond acceptors (Lipinski definition) is 5. The van der Waals surface area contributed by atoms with Gasteiger partial charge in [-0.1, -0.05) is 42.5 Å². The predicted octanol–water partition coefficient (Wildman–Crippen LogP) is 3.70. The second-order valence-electron chi connectivity index (χ2n) is 7.31. The van der Waals surface area contributed by atoms with Crippen molar-refractivity contribution < 1.29 is 14.3 Å². The second kappa shape index (κ2) is 9.74. The summed E-state index contributed by atoms with van der Waals surface area (Å²) in [6, 6.07) is 26.0. The van der Waals surface area contributed by atoms with Gasteiger partial charge in [0.05, 0.1) is 5.69 Å². The van der Waals surface area contributed by atoms with E-state index in [-0.39, 0.29) is 23.9 Å². The van der Waals surface area contributed by atoms with Gasteiger partial charge < -0.3 is 10.1 Å². The summed E-state index contributed by atoms with van der Waals surface area (Å²) in [7, 11) is 1.59. The molecule has 0 aliphatic rings. The number of nitrogens with one attached hydrogen (secondary N) is 1. The minimum Gasteiger partial charge on any atom is -0.484 e. The average Bonchev–Trinajstić information content (AvgIpc) is 2.85. The van der Waals surface area contributed by atoms with E-state index in [1.807, 2.05) is 30.3 Å². The van der Waals surface area contributed by atoms with E-state index >= 15 is 0 Å². The molecule has 164 valence electrons. The van der Waals surface area contributed by atoms with E-state index in [9.17, 15) is 14.4 Å². The van der Waals surface area contributed by atoms with E-state index < -0.39 is 0 Å². The fourth-order valence-electron chi connectivity index (χ4n) is 3.19. The molecule has 0 saturated heterocycles. The number of carbonyl (C=O) groups is 2. The van der Waals surface area contributed by atoms with Gasteiger partial charge in [0.1, 0.15) is 5.75 Å². The molecular weight excluding hydrogens is 418 g/mol. The molecule has 0 atom stereocenters. The van der Waals surface area contributed by atoms with Crippen molar-refractivity contribution in [2.24, 2.45) is 7.05 Å². The fourth-order valence-corrected chi connectivity index (χ4v) is 3.19. The molecule has 4 rings (SSSR count). The Morgan fingerprint density at radius 2 is 1.52 bits per heavy atom. The molecule has 0 bridgehead atoms. The minimum atomic E-state index is -0.313. The van der Waals surface area contributed by atoms with Crippen LogP contribution in [0.4, 0.5) is 5.69 Å². The maximum Gasteiger partial charge on any atom is 0.266 e. The van der Waals surface area contributed by atoms with E-state index in [2.05, 4.69) is 10.4 Å². The van der Waals surface area contributed by atoms with Crippen molar-refractivity contribution >= 4 is 17.4 Å². The summed E-state index contributed by atoms with van der Waals surface area (Å²) in [6.45, 7) is -0.171. The molecule has 0 aliphatic carbocycles. The standard InChI is InChI=1S/C26H21N3O4/c1-29-25(31)16-15-23(28-29)18-7-11-21(12-8-18)27-24(30)17-33-22-13-9-20(10-14-22)26(32)19-5-3-2-4-6-19/h2-16H,17H2,1H3,(H,27,30). The van der Waals surface area contributed by atoms with Crippen molar-refractivity contribution in [1.82, 2.24) is 9.78 Å². The van der Waals surface area contributed by atoms with Crippen LogP contribution in [0.25, 0.3) is 11.3 Å². The Morgan fingerprint density at radius 3 is 2.18 bits per heavy atom. The van der Waals surface area contributed by atoms with Gasteiger partial charge in [-0.25, -0.2) is 4.68 Å². The van der Waals surface area contributed by atoms with Crippen LogP contribution in [0.1, 0.15) is 15.9 Å². The Hall–Kier alpha value is -4.52. The zero-order valence-corrected chi connectivity index (χ0v) is 17.9. The minimum absolute atomic E-state index is 0.0729. The third-order valence-corrected chi connectivity index (χ3v) is 4.95. The highest BCUT2D eigenvalue weighted by atomic mass is 16.5. The molecule has 1 amide bonds. The van der Waals surface area contributed by atoms with Gasteiger partial charge in [-0.15, -0.1) is 0 Å². The monoisotopic (exact) mass is 439 g/mol. The lowest BCUT2D eigenvalue weighted by molar-refractivity contribution is -0.118. The third-order valence-electron chi connectivity index (χ3n) is 4.95. The van der Waals surface area contributed by atoms with Gasteiger partial charge in [0, 0.05) is 35.5 Å². The number of ether oxygens (including phenoxy) is 1. The second-order valence-corrected chi connectivity index (χ2v) is 7.31. The van der Waals surface area contributed by atoms with Gasteiger partial charge in [0.25, 0.3) is 11.5 Å². The Balaban J connectivity index is 1.31. The SMILES string of the molecule is Cn1nc(-c2ccc(NC(=O)COc3ccc(C(=O)c4ccccc4)cc3)cc2)ccc1=O. The van der Waals surface area contributed by atoms with E-state index in [0.717, 1.165) is 5.56 Å². The number of rotatable bonds is 7. The molecule has 1 aromatic heterocycles. The van der Waals surface area contributed by atoms with Crippen LogP contribution in [0.5, 0.6) is 5.75 Å². The number of nitrogens with zero attached hydrogens (tertiary/aromatic N) is 2. The lowest BCUT2D eigenvalue weighted by Gasteiger charge is -2.09. The molecule has 7 nitrogen and oxygen atoms in total. The molecule has 0 spiro atoms. The van der Waals surface area contributed by atoms with Crippen LogP contribution in [-0.2, 0) is 11.8 Å². The van der Waals surface area contributed by atoms with Crippen LogP contribution in [0.15, 0.2) is 95.8 Å². The molecule has 0 saturated carbocycles. The number of aryl methyl sites for hydroxylation is 1. The molecule has 33 heavy (non-hydrogen) atoms. The first-order valence-corrected chi connectivity index (χ1v) is 10.3. The smallest absolute Gasteiger partial charge is 0.266 e. The molecule has 1 heterocycles. The van der Waals surface area contributed by atoms with Crippen molar-refractivity contribution in [1.29, 1.82) is 0 Å². The van der Waals surface area contributed by atoms with Gasteiger partial charge in [-0.05, 0) is 42.5 Å². The zero-order chi connectivity index (χ0) is 23.2. The zero-order valence-electron chi connectivity index (χ0n) is 17.9. The molecule has 0 unspecified atom stereocenters. The van der Waals surface area contributed by atoms with Gasteiger partial charge >= 0.3 is 0 Å². The fraction of sp³-hybridized carbons (Fsp3) is 0.0769. The number of benzene rings is 3. The Bertz CT molecular complexity index is 1330. The summed E-state index contributed by atoms with van der Waals surface area (Å²) < 4.78 is 6.80. The van der Waals surface area contributed by atoms with Crippen LogP contribution >= 0.6 is 0 Å². The van der Waals surface area contributed by atoms with Crippen LogP contribution in [0, 0.1) is 0 Å². The third kappa shape index (κ3) is 5.40. The first kappa shape index (κ1) is 21.7. The summed E-state index contributed by atoms with van der Waals surface area (Å²) in [5, 5.41) is 6.98. The lowest BCUT2D eigenvalue weighted by Crippen LogP contribution is -2.20. The van der Waals surface area contributed by atoms with Crippen LogP contribution in [-0.4, -0.2) is 28.1 Å². The van der Waals surface area contributed by atoms with Crippen molar-refractivity contribution in [3.05, 3.63) is 112 Å². The van der Waals surface area contributed by atoms with Gasteiger partial charge in [0.15, 0.2) is 12.4 Å². The Morgan fingerprint density at radius 1 is 0.848 bits per heavy atom. The van der Waals surface area contributed by atoms with Crippen molar-refractivity contribution in [2.45, 2.75) is 0 Å². The molecule has 0 radical (unpaired) electrons. The number of anilines is 1. The van der Waals surface area contributed by atoms with Crippen molar-refractivity contribution in [3.63, 3.8) is 0 Å². The highest BCUT2D eigenvalue weighted by molar-refractivity contribution is 6.09. The summed E-state index contributed by atoms with van der Waals surface area (Å²) >= 11 is 0. The average molecular weight is 439 g/mol. The van der Waals surface area contributed by atoms with Crippen molar-refractivity contribution in [3.8, 4) is 17.0 Å². The summed E-state index contributed by atoms with van der Waals surface area (Å²) in [5.41, 5.74) is 3.08. The molecule has 0 aliphatic heterocycles. The summed E-state index contributed by atoms with van der Waals surface area (Å²) in [4.78, 5) is 36.2. The number of amides is 1. The number of aromatic nitrogens is 2. The van der Waals surface area contributed by atoms with E-state index in [0.29, 0.717) is 28.3 Å². The summed E-state index contributed by atoms with van der Waals surface area (Å²) in [5.74, 6) is 0.106. The molecule has 7 heteroatoms. The maximum absolute atomic E-state index is 12.4. The van der Waals surface area contributed by atoms with Gasteiger partial charge in [-0.2, -0.15) is 5.10 Å². The number of carbonyl (C=O) groups excluding carboxylic acids is 2. The topological polar surface area (TPSA) is 90.3 Å². The van der Waals surface area contributed by atoms with Crippen LogP contribution in [0.2, 0.25) is 0 Å². The van der Waals surface area contributed by atoms with Crippen molar-refractivity contribution in [2.75, 3.05) is 11.9 Å². The molecule has 0 fully saturated rings. The number of ketones is 1. The van der Waals surface area contributed by atoms with E-state index in [4.69, 9.17) is 4.74 Å². The molecule has 1 N–H and O–H groups in total. The molecule has 3 aromatic carbocycles. The van der Waals surface area contributed by atoms with Gasteiger partial charge in [0.2, 0.25) is 0 Å². The molecular formula is C26H21N3O4. The maximum atomic E-state index is 12.4. The van der Waals surface area contributed by atoms with Gasteiger partial charge in [-0.3, -0.25) is 14.4 Å². The van der Waals surface area contributed by atoms with E-state index in [1.165, 1.54) is 10.7 Å². The van der Waals surface area contributed by atoms with Crippen LogP contribution in [0.3, 0.4) is 0 Å². The Kier molecular flexibility index (Phi) is 6.40. The van der Waals surface area contributed by atoms with E-state index in [1.54, 1.807) is 61.6 Å². The highest BCUT2D eigenvalue weighted by Crippen LogP contribution is 2.19. The predicted molar refractivity (Wildman–Crippen MR) is 125 cm³/mol. The summed E-state index contributed by atoms with van der Waals surface area (Å²) in [6.07, 6.45) is 0. The molecule has 4 aromatic rings. The quantitative estimate of drug-likeness (QED) is 0.444. The van der Waals surface area contributed by atoms with Crippen LogP contribution < -0.4 is 15.6 Å². The first-order valence-electron chi connectivity index (χ1n) is 10.3. The largest absolute Gasteiger partial charge is 0.484 e. The lowest BCUT2D eigenvalue weighted by atomic mass is 10.0. The number of hydrogen-bond donors (Lipinski definition) is 1. The normalized spacial score (nSPS) is 10.5. The first-order chi connectivity index (χ1) is 16.0. The highest BCUT2D eigenvalue weighted by Gasteiger charge is 2.09.